The van der Waals surface area contributed by atoms with Gasteiger partial charge in [-0.25, -0.2) is 0 Å². The molecule has 0 aromatic heterocycles. The van der Waals surface area contributed by atoms with Gasteiger partial charge in [0.25, 0.3) is 0 Å². The average molecular weight is 234 g/mol. The molecule has 2 rings (SSSR count). The number of amides is 1. The molecular weight excluding hydrogens is 216 g/mol. The molecule has 0 atom stereocenters. The summed E-state index contributed by atoms with van der Waals surface area (Å²) in [5, 5.41) is 12.0. The van der Waals surface area contributed by atoms with Crippen molar-refractivity contribution in [1.29, 1.82) is 0 Å². The second-order valence-electron chi connectivity index (χ2n) is 4.76. The molecule has 0 radical (unpaired) electrons. The summed E-state index contributed by atoms with van der Waals surface area (Å²) in [6, 6.07) is 7.23. The second-order valence-corrected chi connectivity index (χ2v) is 4.76. The largest absolute Gasteiger partial charge is 0.392 e. The Hall–Kier alpha value is -1.39. The molecule has 92 valence electrons. The lowest BCUT2D eigenvalue weighted by molar-refractivity contribution is -0.118. The van der Waals surface area contributed by atoms with Gasteiger partial charge >= 0.3 is 0 Å². The summed E-state index contributed by atoms with van der Waals surface area (Å²) < 4.78 is 0. The van der Waals surface area contributed by atoms with Crippen LogP contribution in [0.15, 0.2) is 24.3 Å². The van der Waals surface area contributed by atoms with Gasteiger partial charge in [-0.15, -0.1) is 0 Å². The van der Waals surface area contributed by atoms with Gasteiger partial charge < -0.3 is 16.2 Å². The zero-order valence-electron chi connectivity index (χ0n) is 9.78. The number of benzene rings is 1. The summed E-state index contributed by atoms with van der Waals surface area (Å²) in [4.78, 5) is 11.8. The van der Waals surface area contributed by atoms with E-state index in [-0.39, 0.29) is 18.1 Å². The molecule has 0 bridgehead atoms. The Balaban J connectivity index is 1.98. The van der Waals surface area contributed by atoms with Crippen molar-refractivity contribution in [3.63, 3.8) is 0 Å². The van der Waals surface area contributed by atoms with Crippen LogP contribution in [0.5, 0.6) is 0 Å². The van der Waals surface area contributed by atoms with Crippen molar-refractivity contribution < 1.29 is 9.90 Å². The fourth-order valence-corrected chi connectivity index (χ4v) is 2.10. The van der Waals surface area contributed by atoms with E-state index in [0.717, 1.165) is 24.8 Å². The van der Waals surface area contributed by atoms with Crippen LogP contribution in [-0.2, 0) is 11.4 Å². The average Bonchev–Trinajstić information content (AvgIpc) is 2.27. The SMILES string of the molecule is NC1(CC(=O)Nc2ccccc2CO)CCC1. The number of aliphatic hydroxyl groups is 1. The van der Waals surface area contributed by atoms with Crippen molar-refractivity contribution in [2.45, 2.75) is 37.8 Å². The second kappa shape index (κ2) is 4.85. The third-order valence-corrected chi connectivity index (χ3v) is 3.32. The lowest BCUT2D eigenvalue weighted by Gasteiger charge is -2.37. The first-order chi connectivity index (χ1) is 8.13. The zero-order chi connectivity index (χ0) is 12.3. The van der Waals surface area contributed by atoms with Crippen LogP contribution in [0.4, 0.5) is 5.69 Å². The Morgan fingerprint density at radius 2 is 2.12 bits per heavy atom. The molecule has 1 aliphatic rings. The summed E-state index contributed by atoms with van der Waals surface area (Å²) in [5.74, 6) is -0.0758. The van der Waals surface area contributed by atoms with Gasteiger partial charge in [-0.3, -0.25) is 4.79 Å². The number of aliphatic hydroxyl groups excluding tert-OH is 1. The van der Waals surface area contributed by atoms with E-state index in [1.807, 2.05) is 12.1 Å². The zero-order valence-corrected chi connectivity index (χ0v) is 9.78. The first kappa shape index (κ1) is 12.1. The summed E-state index contributed by atoms with van der Waals surface area (Å²) >= 11 is 0. The van der Waals surface area contributed by atoms with E-state index in [1.165, 1.54) is 0 Å². The normalized spacial score (nSPS) is 17.3. The molecule has 0 spiro atoms. The predicted molar refractivity (Wildman–Crippen MR) is 66.4 cm³/mol. The Bertz CT molecular complexity index is 414. The topological polar surface area (TPSA) is 75.4 Å². The van der Waals surface area contributed by atoms with E-state index in [2.05, 4.69) is 5.32 Å². The number of nitrogens with two attached hydrogens (primary N) is 1. The number of carbonyl (C=O) groups is 1. The monoisotopic (exact) mass is 234 g/mol. The maximum atomic E-state index is 11.8. The van der Waals surface area contributed by atoms with Gasteiger partial charge in [0.2, 0.25) is 5.91 Å². The van der Waals surface area contributed by atoms with Gasteiger partial charge in [0.05, 0.1) is 6.61 Å². The highest BCUT2D eigenvalue weighted by molar-refractivity contribution is 5.92. The van der Waals surface area contributed by atoms with Crippen LogP contribution in [-0.4, -0.2) is 16.6 Å². The van der Waals surface area contributed by atoms with E-state index in [4.69, 9.17) is 10.8 Å². The molecule has 17 heavy (non-hydrogen) atoms. The highest BCUT2D eigenvalue weighted by Crippen LogP contribution is 2.32. The molecule has 0 saturated heterocycles. The molecule has 0 heterocycles. The first-order valence-electron chi connectivity index (χ1n) is 5.90. The number of anilines is 1. The highest BCUT2D eigenvalue weighted by Gasteiger charge is 2.34. The summed E-state index contributed by atoms with van der Waals surface area (Å²) in [6.07, 6.45) is 3.30. The van der Waals surface area contributed by atoms with Crippen LogP contribution >= 0.6 is 0 Å². The van der Waals surface area contributed by atoms with Crippen LogP contribution in [0, 0.1) is 0 Å². The van der Waals surface area contributed by atoms with Crippen molar-refractivity contribution in [3.8, 4) is 0 Å². The number of hydrogen-bond acceptors (Lipinski definition) is 3. The lowest BCUT2D eigenvalue weighted by Crippen LogP contribution is -2.48. The standard InChI is InChI=1S/C13H18N2O2/c14-13(6-3-7-13)8-12(17)15-11-5-2-1-4-10(11)9-16/h1-2,4-5,16H,3,6-9,14H2,(H,15,17). The van der Waals surface area contributed by atoms with Crippen molar-refractivity contribution in [1.82, 2.24) is 0 Å². The van der Waals surface area contributed by atoms with E-state index >= 15 is 0 Å². The maximum absolute atomic E-state index is 11.8. The van der Waals surface area contributed by atoms with Gasteiger partial charge in [-0.1, -0.05) is 18.2 Å². The molecule has 1 fully saturated rings. The molecule has 4 heteroatoms. The fourth-order valence-electron chi connectivity index (χ4n) is 2.10. The van der Waals surface area contributed by atoms with Gasteiger partial charge in [-0.2, -0.15) is 0 Å². The third kappa shape index (κ3) is 2.84. The van der Waals surface area contributed by atoms with Crippen molar-refractivity contribution >= 4 is 11.6 Å². The molecule has 1 aromatic carbocycles. The molecule has 4 nitrogen and oxygen atoms in total. The van der Waals surface area contributed by atoms with Gasteiger partial charge in [0, 0.05) is 23.2 Å². The summed E-state index contributed by atoms with van der Waals surface area (Å²) in [7, 11) is 0. The van der Waals surface area contributed by atoms with E-state index in [9.17, 15) is 4.79 Å². The maximum Gasteiger partial charge on any atom is 0.226 e. The molecule has 0 unspecified atom stereocenters. The fraction of sp³-hybridized carbons (Fsp3) is 0.462. The molecule has 1 amide bonds. The minimum Gasteiger partial charge on any atom is -0.392 e. The summed E-state index contributed by atoms with van der Waals surface area (Å²) in [5.41, 5.74) is 7.10. The van der Waals surface area contributed by atoms with Gasteiger partial charge in [0.15, 0.2) is 0 Å². The number of rotatable bonds is 4. The van der Waals surface area contributed by atoms with Crippen LogP contribution in [0.2, 0.25) is 0 Å². The van der Waals surface area contributed by atoms with Crippen LogP contribution in [0.1, 0.15) is 31.2 Å². The lowest BCUT2D eigenvalue weighted by atomic mass is 9.75. The third-order valence-electron chi connectivity index (χ3n) is 3.32. The van der Waals surface area contributed by atoms with Crippen molar-refractivity contribution in [3.05, 3.63) is 29.8 Å². The van der Waals surface area contributed by atoms with Crippen LogP contribution in [0.25, 0.3) is 0 Å². The summed E-state index contributed by atoms with van der Waals surface area (Å²) in [6.45, 7) is -0.0791. The number of carbonyl (C=O) groups excluding carboxylic acids is 1. The van der Waals surface area contributed by atoms with E-state index in [1.54, 1.807) is 12.1 Å². The molecule has 1 aliphatic carbocycles. The Kier molecular flexibility index (Phi) is 3.45. The van der Waals surface area contributed by atoms with Crippen LogP contribution < -0.4 is 11.1 Å². The predicted octanol–water partition coefficient (Wildman–Crippen LogP) is 1.39. The smallest absolute Gasteiger partial charge is 0.226 e. The Morgan fingerprint density at radius 1 is 1.41 bits per heavy atom. The minimum atomic E-state index is -0.307. The van der Waals surface area contributed by atoms with Crippen LogP contribution in [0.3, 0.4) is 0 Å². The first-order valence-corrected chi connectivity index (χ1v) is 5.90. The van der Waals surface area contributed by atoms with Crippen molar-refractivity contribution in [2.75, 3.05) is 5.32 Å². The quantitative estimate of drug-likeness (QED) is 0.737. The Labute approximate surface area is 101 Å². The molecule has 1 saturated carbocycles. The van der Waals surface area contributed by atoms with Gasteiger partial charge in [-0.05, 0) is 25.3 Å². The molecule has 1 aromatic rings. The Morgan fingerprint density at radius 3 is 2.71 bits per heavy atom. The molecule has 4 N–H and O–H groups in total. The van der Waals surface area contributed by atoms with Gasteiger partial charge in [0.1, 0.15) is 0 Å². The molecule has 0 aliphatic heterocycles. The number of para-hydroxylation sites is 1. The highest BCUT2D eigenvalue weighted by atomic mass is 16.3. The van der Waals surface area contributed by atoms with E-state index in [0.29, 0.717) is 12.1 Å². The number of hydrogen-bond donors (Lipinski definition) is 3. The van der Waals surface area contributed by atoms with E-state index < -0.39 is 0 Å². The van der Waals surface area contributed by atoms with Crippen molar-refractivity contribution in [2.24, 2.45) is 5.73 Å². The molecular formula is C13H18N2O2. The number of nitrogens with one attached hydrogen (secondary N) is 1. The minimum absolute atomic E-state index is 0.0758.